The molecule has 3 aromatic rings. The lowest BCUT2D eigenvalue weighted by molar-refractivity contribution is -0.148. The molecule has 0 N–H and O–H groups in total. The quantitative estimate of drug-likeness (QED) is 0.557. The predicted molar refractivity (Wildman–Crippen MR) is 104 cm³/mol. The standard InChI is InChI=1S/C21H22N2O5/c1-3-28-20(24)14-27-13-19-17-6-4-5-7-18(17)21(25)23(22-19)12-15-8-10-16(26-2)11-9-15/h4-11H,3,12-14H2,1-2H3. The molecule has 0 saturated carbocycles. The minimum absolute atomic E-state index is 0.0994. The Morgan fingerprint density at radius 2 is 1.79 bits per heavy atom. The van der Waals surface area contributed by atoms with E-state index in [2.05, 4.69) is 5.10 Å². The summed E-state index contributed by atoms with van der Waals surface area (Å²) in [6.07, 6.45) is 0. The van der Waals surface area contributed by atoms with E-state index in [-0.39, 0.29) is 18.8 Å². The van der Waals surface area contributed by atoms with E-state index in [0.717, 1.165) is 11.3 Å². The van der Waals surface area contributed by atoms with E-state index < -0.39 is 5.97 Å². The molecule has 7 nitrogen and oxygen atoms in total. The minimum Gasteiger partial charge on any atom is -0.497 e. The second-order valence-corrected chi connectivity index (χ2v) is 6.10. The third-order valence-electron chi connectivity index (χ3n) is 4.20. The lowest BCUT2D eigenvalue weighted by Crippen LogP contribution is -2.25. The molecule has 28 heavy (non-hydrogen) atoms. The van der Waals surface area contributed by atoms with Gasteiger partial charge in [0.1, 0.15) is 12.4 Å². The van der Waals surface area contributed by atoms with Crippen molar-refractivity contribution in [1.82, 2.24) is 9.78 Å². The van der Waals surface area contributed by atoms with Crippen LogP contribution in [0.5, 0.6) is 5.75 Å². The summed E-state index contributed by atoms with van der Waals surface area (Å²) in [4.78, 5) is 24.3. The number of hydrogen-bond acceptors (Lipinski definition) is 6. The van der Waals surface area contributed by atoms with E-state index in [9.17, 15) is 9.59 Å². The van der Waals surface area contributed by atoms with Crippen molar-refractivity contribution in [2.75, 3.05) is 20.3 Å². The van der Waals surface area contributed by atoms with Crippen molar-refractivity contribution < 1.29 is 19.0 Å². The average molecular weight is 382 g/mol. The Morgan fingerprint density at radius 1 is 1.07 bits per heavy atom. The second kappa shape index (κ2) is 9.14. The first-order valence-corrected chi connectivity index (χ1v) is 8.97. The van der Waals surface area contributed by atoms with Crippen molar-refractivity contribution in [2.24, 2.45) is 0 Å². The van der Waals surface area contributed by atoms with Crippen molar-refractivity contribution in [3.05, 3.63) is 70.1 Å². The monoisotopic (exact) mass is 382 g/mol. The summed E-state index contributed by atoms with van der Waals surface area (Å²) in [5.74, 6) is 0.314. The van der Waals surface area contributed by atoms with E-state index in [1.54, 1.807) is 20.1 Å². The zero-order valence-corrected chi connectivity index (χ0v) is 15.9. The molecule has 0 bridgehead atoms. The summed E-state index contributed by atoms with van der Waals surface area (Å²) < 4.78 is 16.9. The summed E-state index contributed by atoms with van der Waals surface area (Å²) in [6.45, 7) is 2.29. The van der Waals surface area contributed by atoms with Crippen molar-refractivity contribution in [3.63, 3.8) is 0 Å². The second-order valence-electron chi connectivity index (χ2n) is 6.10. The minimum atomic E-state index is -0.432. The molecule has 0 amide bonds. The van der Waals surface area contributed by atoms with Gasteiger partial charge < -0.3 is 14.2 Å². The van der Waals surface area contributed by atoms with Crippen LogP contribution < -0.4 is 10.3 Å². The molecule has 1 aromatic heterocycles. The van der Waals surface area contributed by atoms with Gasteiger partial charge in [-0.25, -0.2) is 9.48 Å². The molecule has 0 unspecified atom stereocenters. The topological polar surface area (TPSA) is 79.7 Å². The fraction of sp³-hybridized carbons (Fsp3) is 0.286. The van der Waals surface area contributed by atoms with Crippen LogP contribution in [-0.4, -0.2) is 36.1 Å². The highest BCUT2D eigenvalue weighted by atomic mass is 16.6. The van der Waals surface area contributed by atoms with E-state index in [0.29, 0.717) is 29.6 Å². The average Bonchev–Trinajstić information content (AvgIpc) is 2.72. The number of hydrogen-bond donors (Lipinski definition) is 0. The molecule has 7 heteroatoms. The molecule has 0 aliphatic carbocycles. The molecule has 0 aliphatic heterocycles. The Bertz CT molecular complexity index is 1010. The van der Waals surface area contributed by atoms with Crippen LogP contribution in [0.4, 0.5) is 0 Å². The first-order valence-electron chi connectivity index (χ1n) is 8.97. The molecule has 146 valence electrons. The highest BCUT2D eigenvalue weighted by Crippen LogP contribution is 2.16. The molecule has 3 rings (SSSR count). The number of benzene rings is 2. The van der Waals surface area contributed by atoms with E-state index in [1.807, 2.05) is 42.5 Å². The molecule has 0 atom stereocenters. The number of esters is 1. The number of carbonyl (C=O) groups excluding carboxylic acids is 1. The zero-order valence-electron chi connectivity index (χ0n) is 15.9. The summed E-state index contributed by atoms with van der Waals surface area (Å²) >= 11 is 0. The lowest BCUT2D eigenvalue weighted by atomic mass is 10.1. The van der Waals surface area contributed by atoms with Crippen LogP contribution in [0.25, 0.3) is 10.8 Å². The van der Waals surface area contributed by atoms with Gasteiger partial charge in [-0.2, -0.15) is 5.10 Å². The van der Waals surface area contributed by atoms with Crippen molar-refractivity contribution in [1.29, 1.82) is 0 Å². The Morgan fingerprint density at radius 3 is 2.46 bits per heavy atom. The summed E-state index contributed by atoms with van der Waals surface area (Å²) in [6, 6.07) is 14.7. The van der Waals surface area contributed by atoms with E-state index in [1.165, 1.54) is 4.68 Å². The first-order chi connectivity index (χ1) is 13.6. The van der Waals surface area contributed by atoms with Gasteiger partial charge in [0.25, 0.3) is 5.56 Å². The van der Waals surface area contributed by atoms with Crippen LogP contribution >= 0.6 is 0 Å². The zero-order chi connectivity index (χ0) is 19.9. The Kier molecular flexibility index (Phi) is 6.39. The normalized spacial score (nSPS) is 10.8. The Hall–Kier alpha value is -3.19. The maximum absolute atomic E-state index is 12.8. The molecular formula is C21H22N2O5. The maximum Gasteiger partial charge on any atom is 0.332 e. The third-order valence-corrected chi connectivity index (χ3v) is 4.20. The SMILES string of the molecule is CCOC(=O)COCc1nn(Cc2ccc(OC)cc2)c(=O)c2ccccc12. The lowest BCUT2D eigenvalue weighted by Gasteiger charge is -2.12. The van der Waals surface area contributed by atoms with Crippen LogP contribution in [0, 0.1) is 0 Å². The fourth-order valence-corrected chi connectivity index (χ4v) is 2.86. The van der Waals surface area contributed by atoms with Crippen molar-refractivity contribution in [2.45, 2.75) is 20.1 Å². The molecule has 0 fully saturated rings. The molecule has 2 aromatic carbocycles. The number of nitrogens with zero attached hydrogens (tertiary/aromatic N) is 2. The number of rotatable bonds is 8. The maximum atomic E-state index is 12.8. The van der Waals surface area contributed by atoms with Crippen molar-refractivity contribution >= 4 is 16.7 Å². The molecule has 0 aliphatic rings. The highest BCUT2D eigenvalue weighted by molar-refractivity contribution is 5.83. The highest BCUT2D eigenvalue weighted by Gasteiger charge is 2.12. The Balaban J connectivity index is 1.88. The first kappa shape index (κ1) is 19.6. The molecule has 0 saturated heterocycles. The van der Waals surface area contributed by atoms with Crippen LogP contribution in [0.1, 0.15) is 18.2 Å². The van der Waals surface area contributed by atoms with Gasteiger partial charge in [-0.05, 0) is 30.7 Å². The van der Waals surface area contributed by atoms with E-state index in [4.69, 9.17) is 14.2 Å². The van der Waals surface area contributed by atoms with Crippen molar-refractivity contribution in [3.8, 4) is 5.75 Å². The Labute approximate surface area is 162 Å². The number of fused-ring (bicyclic) bond motifs is 1. The number of ether oxygens (including phenoxy) is 3. The number of methoxy groups -OCH3 is 1. The summed E-state index contributed by atoms with van der Waals surface area (Å²) in [5, 5.41) is 5.74. The van der Waals surface area contributed by atoms with Gasteiger partial charge in [-0.3, -0.25) is 4.79 Å². The smallest absolute Gasteiger partial charge is 0.332 e. The van der Waals surface area contributed by atoms with Crippen LogP contribution in [-0.2, 0) is 27.4 Å². The van der Waals surface area contributed by atoms with Gasteiger partial charge in [0.05, 0.1) is 37.9 Å². The molecule has 1 heterocycles. The number of aromatic nitrogens is 2. The molecule has 0 radical (unpaired) electrons. The van der Waals surface area contributed by atoms with Gasteiger partial charge in [0.15, 0.2) is 0 Å². The third kappa shape index (κ3) is 4.55. The van der Waals surface area contributed by atoms with Gasteiger partial charge >= 0.3 is 5.97 Å². The van der Waals surface area contributed by atoms with Gasteiger partial charge in [-0.15, -0.1) is 0 Å². The van der Waals surface area contributed by atoms with Crippen LogP contribution in [0.3, 0.4) is 0 Å². The van der Waals surface area contributed by atoms with E-state index >= 15 is 0 Å². The largest absolute Gasteiger partial charge is 0.497 e. The molecule has 0 spiro atoms. The van der Waals surface area contributed by atoms with Crippen LogP contribution in [0.2, 0.25) is 0 Å². The van der Waals surface area contributed by atoms with Gasteiger partial charge in [0, 0.05) is 5.39 Å². The fourth-order valence-electron chi connectivity index (χ4n) is 2.86. The molecular weight excluding hydrogens is 360 g/mol. The number of carbonyl (C=O) groups is 1. The van der Waals surface area contributed by atoms with Crippen LogP contribution in [0.15, 0.2) is 53.3 Å². The predicted octanol–water partition coefficient (Wildman–Crippen LogP) is 2.53. The summed E-state index contributed by atoms with van der Waals surface area (Å²) in [5.41, 5.74) is 1.33. The van der Waals surface area contributed by atoms with Gasteiger partial charge in [0.2, 0.25) is 0 Å². The van der Waals surface area contributed by atoms with Gasteiger partial charge in [-0.1, -0.05) is 30.3 Å². The summed E-state index contributed by atoms with van der Waals surface area (Å²) in [7, 11) is 1.60.